The van der Waals surface area contributed by atoms with E-state index in [1.807, 2.05) is 0 Å². The molecule has 0 atom stereocenters. The first-order valence-corrected chi connectivity index (χ1v) is 22.9. The minimum absolute atomic E-state index is 1.12. The minimum atomic E-state index is -1.28. The molecule has 0 rings (SSSR count). The molecule has 0 N–H and O–H groups in total. The Balaban J connectivity index is 5.86. The fourth-order valence-electron chi connectivity index (χ4n) is 2.18. The van der Waals surface area contributed by atoms with E-state index in [9.17, 15) is 0 Å². The zero-order valence-corrected chi connectivity index (χ0v) is 21.4. The molecule has 0 heterocycles. The molecule has 0 bridgehead atoms. The lowest BCUT2D eigenvalue weighted by molar-refractivity contribution is 0.998. The number of hydrogen-bond acceptors (Lipinski definition) is 1. The summed E-state index contributed by atoms with van der Waals surface area (Å²) in [5.41, 5.74) is 2.54. The van der Waals surface area contributed by atoms with Crippen LogP contribution in [0.1, 0.15) is 0 Å². The van der Waals surface area contributed by atoms with Gasteiger partial charge < -0.3 is 0 Å². The van der Waals surface area contributed by atoms with Crippen molar-refractivity contribution >= 4 is 45.9 Å². The summed E-state index contributed by atoms with van der Waals surface area (Å²) in [5.74, 6) is 0. The maximum Gasteiger partial charge on any atom is 0.120 e. The van der Waals surface area contributed by atoms with E-state index in [0.717, 1.165) is 0 Å². The minimum Gasteiger partial charge on any atom is -0.300 e. The van der Waals surface area contributed by atoms with Crippen LogP contribution >= 0.6 is 8.35 Å². The van der Waals surface area contributed by atoms with Crippen LogP contribution in [-0.4, -0.2) is 41.5 Å². The molecule has 0 saturated carbocycles. The van der Waals surface area contributed by atoms with Crippen molar-refractivity contribution in [3.63, 3.8) is 0 Å². The maximum absolute atomic E-state index is 2.90. The zero-order valence-electron chi connectivity index (χ0n) is 16.5. The van der Waals surface area contributed by atoms with Gasteiger partial charge in [-0.2, -0.15) is 0 Å². The first-order chi connectivity index (χ1) is 8.94. The molecular formula is C15H38NPSi4. The van der Waals surface area contributed by atoms with E-state index in [1.165, 1.54) is 8.35 Å². The predicted octanol–water partition coefficient (Wildman–Crippen LogP) is 6.30. The molecule has 0 amide bonds. The van der Waals surface area contributed by atoms with E-state index in [1.54, 1.807) is 4.92 Å². The molecule has 0 spiro atoms. The van der Waals surface area contributed by atoms with Gasteiger partial charge in [0.2, 0.25) is 0 Å². The molecule has 1 nitrogen and oxygen atoms in total. The summed E-state index contributed by atoms with van der Waals surface area (Å²) in [6.07, 6.45) is 2.52. The average Bonchev–Trinajstić information content (AvgIpc) is 2.08. The van der Waals surface area contributed by atoms with Crippen molar-refractivity contribution in [2.75, 3.05) is 0 Å². The maximum atomic E-state index is 2.90. The van der Waals surface area contributed by atoms with Gasteiger partial charge in [-0.25, -0.2) is 0 Å². The Kier molecular flexibility index (Phi) is 7.35. The summed E-state index contributed by atoms with van der Waals surface area (Å²) in [6.45, 7) is 29.8. The molecule has 0 aromatic heterocycles. The zero-order chi connectivity index (χ0) is 17.3. The van der Waals surface area contributed by atoms with Gasteiger partial charge in [0.1, 0.15) is 16.5 Å². The van der Waals surface area contributed by atoms with Crippen LogP contribution in [0, 0.1) is 0 Å². The number of rotatable bonds is 6. The van der Waals surface area contributed by atoms with Crippen LogP contribution < -0.4 is 0 Å². The molecule has 0 fully saturated rings. The quantitative estimate of drug-likeness (QED) is 0.389. The Bertz CT molecular complexity index is 389. The summed E-state index contributed by atoms with van der Waals surface area (Å²) in [4.78, 5) is 1.72. The third-order valence-corrected chi connectivity index (χ3v) is 19.5. The van der Waals surface area contributed by atoms with E-state index in [0.29, 0.717) is 0 Å². The standard InChI is InChI=1S/C15H38NPSi4/c1-18(2,3)14-13-15(19(4,5)6)17-16(20(7,8)9)21(10,11)12/h13-14H,1-12H3/b14-13+. The van der Waals surface area contributed by atoms with Crippen molar-refractivity contribution in [1.82, 2.24) is 4.00 Å². The fraction of sp³-hybridized carbons (Fsp3) is 0.800. The highest BCUT2D eigenvalue weighted by molar-refractivity contribution is 7.53. The van der Waals surface area contributed by atoms with Crippen molar-refractivity contribution in [2.45, 2.75) is 78.6 Å². The van der Waals surface area contributed by atoms with Crippen LogP contribution in [0.3, 0.4) is 0 Å². The topological polar surface area (TPSA) is 3.24 Å². The number of nitrogens with zero attached hydrogens (tertiary/aromatic N) is 1. The highest BCUT2D eigenvalue weighted by atomic mass is 31.1. The van der Waals surface area contributed by atoms with E-state index >= 15 is 0 Å². The molecule has 21 heavy (non-hydrogen) atoms. The van der Waals surface area contributed by atoms with E-state index in [-0.39, 0.29) is 0 Å². The monoisotopic (exact) mass is 375 g/mol. The highest BCUT2D eigenvalue weighted by Crippen LogP contribution is 2.30. The normalized spacial score (nSPS) is 16.1. The molecular weight excluding hydrogens is 337 g/mol. The summed E-state index contributed by atoms with van der Waals surface area (Å²) in [5, 5.41) is 0. The third-order valence-electron chi connectivity index (χ3n) is 2.99. The van der Waals surface area contributed by atoms with Crippen LogP contribution in [0.15, 0.2) is 11.8 Å². The van der Waals surface area contributed by atoms with Gasteiger partial charge in [-0.3, -0.25) is 4.00 Å². The van der Waals surface area contributed by atoms with Crippen molar-refractivity contribution < 1.29 is 0 Å². The van der Waals surface area contributed by atoms with E-state index in [2.05, 4.69) is 94.3 Å². The smallest absolute Gasteiger partial charge is 0.120 e. The van der Waals surface area contributed by atoms with Crippen LogP contribution in [0.2, 0.25) is 78.6 Å². The van der Waals surface area contributed by atoms with Crippen molar-refractivity contribution in [2.24, 2.45) is 0 Å². The van der Waals surface area contributed by atoms with E-state index < -0.39 is 32.6 Å². The first-order valence-electron chi connectivity index (χ1n) is 8.03. The number of allylic oxidation sites excluding steroid dienone is 1. The van der Waals surface area contributed by atoms with Crippen molar-refractivity contribution in [1.29, 1.82) is 0 Å². The first kappa shape index (κ1) is 21.7. The van der Waals surface area contributed by atoms with Gasteiger partial charge in [0.25, 0.3) is 0 Å². The molecule has 124 valence electrons. The summed E-state index contributed by atoms with van der Waals surface area (Å²) in [6, 6.07) is 0. The van der Waals surface area contributed by atoms with Gasteiger partial charge in [-0.05, 0) is 13.3 Å². The molecule has 0 saturated heterocycles. The summed E-state index contributed by atoms with van der Waals surface area (Å²) in [7, 11) is -3.42. The molecule has 0 aliphatic rings. The Hall–Kier alpha value is 0.738. The molecule has 0 radical (unpaired) electrons. The Morgan fingerprint density at radius 2 is 1.10 bits per heavy atom. The molecule has 0 aromatic carbocycles. The lowest BCUT2D eigenvalue weighted by Gasteiger charge is -2.41. The second-order valence-corrected chi connectivity index (χ2v) is 32.5. The highest BCUT2D eigenvalue weighted by Gasteiger charge is 2.35. The number of hydrogen-bond donors (Lipinski definition) is 0. The van der Waals surface area contributed by atoms with Crippen molar-refractivity contribution in [3.8, 4) is 0 Å². The van der Waals surface area contributed by atoms with E-state index in [4.69, 9.17) is 0 Å². The van der Waals surface area contributed by atoms with Crippen LogP contribution in [0.25, 0.3) is 0 Å². The van der Waals surface area contributed by atoms with Gasteiger partial charge in [0, 0.05) is 0 Å². The largest absolute Gasteiger partial charge is 0.300 e. The molecule has 0 unspecified atom stereocenters. The Morgan fingerprint density at radius 3 is 1.33 bits per heavy atom. The Labute approximate surface area is 140 Å². The molecule has 0 aliphatic carbocycles. The van der Waals surface area contributed by atoms with Gasteiger partial charge in [-0.15, -0.1) is 0 Å². The van der Waals surface area contributed by atoms with Crippen LogP contribution in [0.4, 0.5) is 0 Å². The van der Waals surface area contributed by atoms with Gasteiger partial charge in [0.15, 0.2) is 0 Å². The lowest BCUT2D eigenvalue weighted by Crippen LogP contribution is -2.54. The summed E-state index contributed by atoms with van der Waals surface area (Å²) >= 11 is 0. The Morgan fingerprint density at radius 1 is 0.714 bits per heavy atom. The van der Waals surface area contributed by atoms with Crippen LogP contribution in [-0.2, 0) is 0 Å². The summed E-state index contributed by atoms with van der Waals surface area (Å²) < 4.78 is 2.90. The van der Waals surface area contributed by atoms with Crippen molar-refractivity contribution in [3.05, 3.63) is 11.8 Å². The van der Waals surface area contributed by atoms with Gasteiger partial charge >= 0.3 is 0 Å². The SMILES string of the molecule is C[Si](C)(C)/C=C/C(=PN([Si](C)(C)C)[Si](C)(C)C)[Si](C)(C)C. The van der Waals surface area contributed by atoms with Gasteiger partial charge in [-0.1, -0.05) is 90.3 Å². The average molecular weight is 376 g/mol. The molecule has 0 aromatic rings. The second kappa shape index (κ2) is 7.10. The van der Waals surface area contributed by atoms with Crippen LogP contribution in [0.5, 0.6) is 0 Å². The fourth-order valence-corrected chi connectivity index (χ4v) is 17.3. The third kappa shape index (κ3) is 8.82. The molecule has 6 heteroatoms. The molecule has 0 aliphatic heterocycles. The van der Waals surface area contributed by atoms with Gasteiger partial charge in [0.05, 0.1) is 16.1 Å². The lowest BCUT2D eigenvalue weighted by atomic mass is 10.7. The second-order valence-electron chi connectivity index (χ2n) is 10.1. The predicted molar refractivity (Wildman–Crippen MR) is 116 cm³/mol.